The molecule has 4 nitrogen and oxygen atoms in total. The molecule has 4 heteroatoms. The van der Waals surface area contributed by atoms with Gasteiger partial charge in [-0.1, -0.05) is 31.2 Å². The summed E-state index contributed by atoms with van der Waals surface area (Å²) < 4.78 is 0. The number of carbonyl (C=O) groups excluding carboxylic acids is 1. The maximum absolute atomic E-state index is 11.6. The molecule has 0 bridgehead atoms. The highest BCUT2D eigenvalue weighted by molar-refractivity contribution is 5.94. The van der Waals surface area contributed by atoms with E-state index in [0.29, 0.717) is 0 Å². The van der Waals surface area contributed by atoms with Crippen LogP contribution >= 0.6 is 0 Å². The molecule has 1 rings (SSSR count). The number of amides is 1. The first-order valence-corrected chi connectivity index (χ1v) is 6.30. The van der Waals surface area contributed by atoms with Gasteiger partial charge in [-0.2, -0.15) is 0 Å². The first-order chi connectivity index (χ1) is 9.56. The Hall–Kier alpha value is -2.54. The van der Waals surface area contributed by atoms with Gasteiger partial charge in [0, 0.05) is 12.5 Å². The molecule has 0 fully saturated rings. The van der Waals surface area contributed by atoms with Gasteiger partial charge in [-0.3, -0.25) is 4.79 Å². The third kappa shape index (κ3) is 4.99. The molecule has 2 N–H and O–H groups in total. The topological polar surface area (TPSA) is 66.4 Å². The lowest BCUT2D eigenvalue weighted by Crippen LogP contribution is -2.39. The van der Waals surface area contributed by atoms with Gasteiger partial charge in [0.2, 0.25) is 5.91 Å². The standard InChI is InChI=1S/C16H17NO3/c1-3-5-14(16(19)20)17-15(18)11-10-13-8-6-12(4-2)7-9-13/h1,6-11,14H,4-5H2,2H3,(H,17,18)(H,19,20)/b11-10+. The maximum Gasteiger partial charge on any atom is 0.327 e. The van der Waals surface area contributed by atoms with Crippen LogP contribution in [-0.2, 0) is 16.0 Å². The van der Waals surface area contributed by atoms with Crippen LogP contribution in [0.5, 0.6) is 0 Å². The Bertz CT molecular complexity index is 538. The fourth-order valence-electron chi connectivity index (χ4n) is 1.57. The van der Waals surface area contributed by atoms with E-state index in [1.54, 1.807) is 6.08 Å². The van der Waals surface area contributed by atoms with Crippen LogP contribution in [0.3, 0.4) is 0 Å². The third-order valence-electron chi connectivity index (χ3n) is 2.75. The number of benzene rings is 1. The molecule has 0 aromatic heterocycles. The SMILES string of the molecule is C#CCC(NC(=O)/C=C/c1ccc(CC)cc1)C(=O)O. The molecule has 1 aromatic rings. The molecule has 1 unspecified atom stereocenters. The summed E-state index contributed by atoms with van der Waals surface area (Å²) in [6, 6.07) is 6.71. The van der Waals surface area contributed by atoms with Gasteiger partial charge >= 0.3 is 5.97 Å². The summed E-state index contributed by atoms with van der Waals surface area (Å²) in [5.74, 6) is 0.600. The van der Waals surface area contributed by atoms with Crippen molar-refractivity contribution < 1.29 is 14.7 Å². The molecule has 1 atom stereocenters. The van der Waals surface area contributed by atoms with Gasteiger partial charge in [-0.05, 0) is 23.6 Å². The molecule has 20 heavy (non-hydrogen) atoms. The molecule has 0 aliphatic carbocycles. The summed E-state index contributed by atoms with van der Waals surface area (Å²) in [6.45, 7) is 2.07. The summed E-state index contributed by atoms with van der Waals surface area (Å²) in [5, 5.41) is 11.2. The zero-order valence-electron chi connectivity index (χ0n) is 11.3. The van der Waals surface area contributed by atoms with E-state index in [2.05, 4.69) is 18.2 Å². The lowest BCUT2D eigenvalue weighted by molar-refractivity contribution is -0.141. The maximum atomic E-state index is 11.6. The van der Waals surface area contributed by atoms with Crippen LogP contribution in [-0.4, -0.2) is 23.0 Å². The molecular weight excluding hydrogens is 254 g/mol. The largest absolute Gasteiger partial charge is 0.480 e. The minimum absolute atomic E-state index is 0.0416. The van der Waals surface area contributed by atoms with Crippen LogP contribution < -0.4 is 5.32 Å². The van der Waals surface area contributed by atoms with E-state index in [0.717, 1.165) is 12.0 Å². The first kappa shape index (κ1) is 15.5. The number of hydrogen-bond donors (Lipinski definition) is 2. The number of carbonyl (C=O) groups is 2. The van der Waals surface area contributed by atoms with Crippen LogP contribution in [0.4, 0.5) is 0 Å². The molecule has 1 aromatic carbocycles. The van der Waals surface area contributed by atoms with E-state index >= 15 is 0 Å². The second kappa shape index (κ2) is 7.80. The number of aliphatic carboxylic acids is 1. The Labute approximate surface area is 118 Å². The fourth-order valence-corrected chi connectivity index (χ4v) is 1.57. The molecule has 104 valence electrons. The van der Waals surface area contributed by atoms with E-state index in [1.165, 1.54) is 11.6 Å². The van der Waals surface area contributed by atoms with Crippen LogP contribution in [0, 0.1) is 12.3 Å². The average Bonchev–Trinajstić information content (AvgIpc) is 2.45. The Balaban J connectivity index is 2.62. The van der Waals surface area contributed by atoms with Crippen LogP contribution in [0.25, 0.3) is 6.08 Å². The second-order valence-corrected chi connectivity index (χ2v) is 4.24. The summed E-state index contributed by atoms with van der Waals surface area (Å²) >= 11 is 0. The molecule has 0 heterocycles. The quantitative estimate of drug-likeness (QED) is 0.613. The van der Waals surface area contributed by atoms with Crippen molar-refractivity contribution in [2.45, 2.75) is 25.8 Å². The lowest BCUT2D eigenvalue weighted by atomic mass is 10.1. The summed E-state index contributed by atoms with van der Waals surface area (Å²) in [7, 11) is 0. The van der Waals surface area contributed by atoms with Crippen LogP contribution in [0.1, 0.15) is 24.5 Å². The van der Waals surface area contributed by atoms with E-state index in [9.17, 15) is 9.59 Å². The fraction of sp³-hybridized carbons (Fsp3) is 0.250. The molecule has 1 amide bonds. The van der Waals surface area contributed by atoms with E-state index in [1.807, 2.05) is 24.3 Å². The Morgan fingerprint density at radius 3 is 2.55 bits per heavy atom. The zero-order chi connectivity index (χ0) is 15.0. The van der Waals surface area contributed by atoms with Crippen molar-refractivity contribution in [2.24, 2.45) is 0 Å². The molecule has 0 spiro atoms. The van der Waals surface area contributed by atoms with Gasteiger partial charge in [0.15, 0.2) is 0 Å². The van der Waals surface area contributed by atoms with Crippen LogP contribution in [0.2, 0.25) is 0 Å². The van der Waals surface area contributed by atoms with Gasteiger partial charge in [-0.15, -0.1) is 12.3 Å². The molecule has 0 aliphatic rings. The average molecular weight is 271 g/mol. The van der Waals surface area contributed by atoms with Gasteiger partial charge < -0.3 is 10.4 Å². The molecule has 0 aliphatic heterocycles. The summed E-state index contributed by atoms with van der Waals surface area (Å²) in [5.41, 5.74) is 2.09. The van der Waals surface area contributed by atoms with Gasteiger partial charge in [-0.25, -0.2) is 4.79 Å². The highest BCUT2D eigenvalue weighted by Gasteiger charge is 2.17. The van der Waals surface area contributed by atoms with Crippen molar-refractivity contribution in [2.75, 3.05) is 0 Å². The van der Waals surface area contributed by atoms with Gasteiger partial charge in [0.25, 0.3) is 0 Å². The number of nitrogens with one attached hydrogen (secondary N) is 1. The van der Waals surface area contributed by atoms with Crippen molar-refractivity contribution in [3.63, 3.8) is 0 Å². The lowest BCUT2D eigenvalue weighted by Gasteiger charge is -2.09. The Morgan fingerprint density at radius 1 is 1.40 bits per heavy atom. The first-order valence-electron chi connectivity index (χ1n) is 6.30. The minimum Gasteiger partial charge on any atom is -0.480 e. The third-order valence-corrected chi connectivity index (χ3v) is 2.75. The Morgan fingerprint density at radius 2 is 2.05 bits per heavy atom. The van der Waals surface area contributed by atoms with Gasteiger partial charge in [0.05, 0.1) is 0 Å². The van der Waals surface area contributed by atoms with Crippen LogP contribution in [0.15, 0.2) is 30.3 Å². The smallest absolute Gasteiger partial charge is 0.327 e. The van der Waals surface area contributed by atoms with Crippen molar-refractivity contribution >= 4 is 18.0 Å². The number of aryl methyl sites for hydroxylation is 1. The number of rotatable bonds is 6. The van der Waals surface area contributed by atoms with Gasteiger partial charge in [0.1, 0.15) is 6.04 Å². The Kier molecular flexibility index (Phi) is 6.05. The van der Waals surface area contributed by atoms with E-state index in [-0.39, 0.29) is 6.42 Å². The summed E-state index contributed by atoms with van der Waals surface area (Å²) in [6.07, 6.45) is 8.89. The second-order valence-electron chi connectivity index (χ2n) is 4.24. The number of carboxylic acids is 1. The molecule has 0 saturated heterocycles. The number of terminal acetylenes is 1. The molecule has 0 saturated carbocycles. The normalized spacial score (nSPS) is 11.8. The summed E-state index contributed by atoms with van der Waals surface area (Å²) in [4.78, 5) is 22.4. The van der Waals surface area contributed by atoms with Crippen molar-refractivity contribution in [3.8, 4) is 12.3 Å². The van der Waals surface area contributed by atoms with Crippen molar-refractivity contribution in [3.05, 3.63) is 41.5 Å². The van der Waals surface area contributed by atoms with Crippen molar-refractivity contribution in [1.29, 1.82) is 0 Å². The predicted molar refractivity (Wildman–Crippen MR) is 77.9 cm³/mol. The number of carboxylic acid groups (broad SMARTS) is 1. The highest BCUT2D eigenvalue weighted by Crippen LogP contribution is 2.06. The monoisotopic (exact) mass is 271 g/mol. The minimum atomic E-state index is -1.14. The van der Waals surface area contributed by atoms with E-state index in [4.69, 9.17) is 11.5 Å². The zero-order valence-corrected chi connectivity index (χ0v) is 11.3. The predicted octanol–water partition coefficient (Wildman–Crippen LogP) is 1.85. The van der Waals surface area contributed by atoms with E-state index < -0.39 is 17.9 Å². The number of hydrogen-bond acceptors (Lipinski definition) is 2. The highest BCUT2D eigenvalue weighted by atomic mass is 16.4. The molecule has 0 radical (unpaired) electrons. The van der Waals surface area contributed by atoms with Crippen molar-refractivity contribution in [1.82, 2.24) is 5.32 Å². The molecular formula is C16H17NO3.